The van der Waals surface area contributed by atoms with Crippen molar-refractivity contribution < 1.29 is 4.74 Å². The zero-order valence-corrected chi connectivity index (χ0v) is 16.8. The van der Waals surface area contributed by atoms with Crippen LogP contribution in [0.3, 0.4) is 0 Å². The molecule has 1 saturated heterocycles. The second-order valence-electron chi connectivity index (χ2n) is 6.90. The van der Waals surface area contributed by atoms with Crippen molar-refractivity contribution in [1.29, 1.82) is 0 Å². The summed E-state index contributed by atoms with van der Waals surface area (Å²) in [5, 5.41) is 11.1. The van der Waals surface area contributed by atoms with Crippen molar-refractivity contribution >= 4 is 5.96 Å². The Hall–Kier alpha value is -2.38. The molecule has 2 N–H and O–H groups in total. The van der Waals surface area contributed by atoms with Gasteiger partial charge in [-0.05, 0) is 37.1 Å². The minimum Gasteiger partial charge on any atom is -0.379 e. The van der Waals surface area contributed by atoms with Gasteiger partial charge < -0.3 is 15.4 Å². The third kappa shape index (κ3) is 6.65. The van der Waals surface area contributed by atoms with Crippen LogP contribution in [0.5, 0.6) is 0 Å². The fraction of sp³-hybridized carbons (Fsp3) is 0.524. The molecule has 1 aliphatic heterocycles. The summed E-state index contributed by atoms with van der Waals surface area (Å²) in [6, 6.07) is 10.4. The first-order chi connectivity index (χ1) is 13.8. The summed E-state index contributed by atoms with van der Waals surface area (Å²) in [4.78, 5) is 7.25. The summed E-state index contributed by atoms with van der Waals surface area (Å²) in [6.45, 7) is 10.2. The molecule has 7 nitrogen and oxygen atoms in total. The molecule has 1 aromatic carbocycles. The average molecular weight is 385 g/mol. The van der Waals surface area contributed by atoms with E-state index in [1.807, 2.05) is 23.1 Å². The van der Waals surface area contributed by atoms with E-state index in [-0.39, 0.29) is 0 Å². The van der Waals surface area contributed by atoms with E-state index in [9.17, 15) is 0 Å². The Balaban J connectivity index is 1.51. The van der Waals surface area contributed by atoms with Crippen LogP contribution in [-0.4, -0.2) is 66.6 Å². The van der Waals surface area contributed by atoms with Crippen LogP contribution in [0.25, 0.3) is 0 Å². The highest BCUT2D eigenvalue weighted by Crippen LogP contribution is 2.11. The monoisotopic (exact) mass is 384 g/mol. The number of ether oxygens (including phenoxy) is 1. The highest BCUT2D eigenvalue weighted by molar-refractivity contribution is 5.79. The predicted molar refractivity (Wildman–Crippen MR) is 112 cm³/mol. The van der Waals surface area contributed by atoms with E-state index in [0.717, 1.165) is 64.9 Å². The van der Waals surface area contributed by atoms with Crippen molar-refractivity contribution in [3.8, 4) is 0 Å². The Morgan fingerprint density at radius 1 is 1.14 bits per heavy atom. The molecule has 0 bridgehead atoms. The van der Waals surface area contributed by atoms with E-state index in [2.05, 4.69) is 51.8 Å². The van der Waals surface area contributed by atoms with E-state index in [1.54, 1.807) is 0 Å². The SMILES string of the molecule is CCNC(=NCc1ccccc1Cn1cccn1)NCCCN1CCOCC1. The van der Waals surface area contributed by atoms with Gasteiger partial charge in [-0.3, -0.25) is 9.58 Å². The van der Waals surface area contributed by atoms with Crippen LogP contribution >= 0.6 is 0 Å². The standard InChI is InChI=1S/C21H32N6O/c1-2-22-21(23-9-5-11-26-13-15-28-16-14-26)24-17-19-7-3-4-8-20(19)18-27-12-6-10-25-27/h3-4,6-8,10,12H,2,5,9,11,13-18H2,1H3,(H2,22,23,24). The Bertz CT molecular complexity index is 709. The number of aliphatic imine (C=N–C) groups is 1. The van der Waals surface area contributed by atoms with Crippen LogP contribution in [0.2, 0.25) is 0 Å². The molecule has 152 valence electrons. The summed E-state index contributed by atoms with van der Waals surface area (Å²) < 4.78 is 7.34. The van der Waals surface area contributed by atoms with E-state index in [1.165, 1.54) is 11.1 Å². The Kier molecular flexibility index (Phi) is 8.33. The quantitative estimate of drug-likeness (QED) is 0.391. The molecule has 2 aromatic rings. The third-order valence-corrected chi connectivity index (χ3v) is 4.81. The molecule has 0 aliphatic carbocycles. The van der Waals surface area contributed by atoms with Gasteiger partial charge in [-0.25, -0.2) is 4.99 Å². The molecule has 0 atom stereocenters. The van der Waals surface area contributed by atoms with Gasteiger partial charge >= 0.3 is 0 Å². The smallest absolute Gasteiger partial charge is 0.191 e. The third-order valence-electron chi connectivity index (χ3n) is 4.81. The van der Waals surface area contributed by atoms with Crippen molar-refractivity contribution in [2.24, 2.45) is 4.99 Å². The fourth-order valence-corrected chi connectivity index (χ4v) is 3.27. The maximum absolute atomic E-state index is 5.40. The lowest BCUT2D eigenvalue weighted by atomic mass is 10.1. The highest BCUT2D eigenvalue weighted by atomic mass is 16.5. The maximum atomic E-state index is 5.40. The molecule has 3 rings (SSSR count). The number of rotatable bonds is 9. The summed E-state index contributed by atoms with van der Waals surface area (Å²) in [5.41, 5.74) is 2.47. The molecule has 0 spiro atoms. The van der Waals surface area contributed by atoms with Crippen LogP contribution in [0.4, 0.5) is 0 Å². The van der Waals surface area contributed by atoms with Crippen molar-refractivity contribution in [3.63, 3.8) is 0 Å². The van der Waals surface area contributed by atoms with Crippen LogP contribution < -0.4 is 10.6 Å². The van der Waals surface area contributed by atoms with E-state index < -0.39 is 0 Å². The lowest BCUT2D eigenvalue weighted by molar-refractivity contribution is 0.0376. The van der Waals surface area contributed by atoms with Crippen molar-refractivity contribution in [3.05, 3.63) is 53.9 Å². The number of nitrogens with one attached hydrogen (secondary N) is 2. The number of morpholine rings is 1. The maximum Gasteiger partial charge on any atom is 0.191 e. The summed E-state index contributed by atoms with van der Waals surface area (Å²) in [6.07, 6.45) is 4.89. The zero-order valence-electron chi connectivity index (χ0n) is 16.8. The van der Waals surface area contributed by atoms with Gasteiger partial charge in [-0.15, -0.1) is 0 Å². The van der Waals surface area contributed by atoms with Gasteiger partial charge in [0.2, 0.25) is 0 Å². The minimum absolute atomic E-state index is 0.649. The van der Waals surface area contributed by atoms with Crippen LogP contribution in [0.15, 0.2) is 47.7 Å². The second kappa shape index (κ2) is 11.5. The average Bonchev–Trinajstić information content (AvgIpc) is 3.24. The van der Waals surface area contributed by atoms with Gasteiger partial charge in [-0.1, -0.05) is 24.3 Å². The molecule has 1 fully saturated rings. The fourth-order valence-electron chi connectivity index (χ4n) is 3.27. The van der Waals surface area contributed by atoms with Crippen molar-refractivity contribution in [2.75, 3.05) is 45.9 Å². The number of guanidine groups is 1. The van der Waals surface area contributed by atoms with Gasteiger partial charge in [-0.2, -0.15) is 5.10 Å². The van der Waals surface area contributed by atoms with Crippen molar-refractivity contribution in [1.82, 2.24) is 25.3 Å². The lowest BCUT2D eigenvalue weighted by Gasteiger charge is -2.26. The number of aromatic nitrogens is 2. The molecule has 0 unspecified atom stereocenters. The first kappa shape index (κ1) is 20.4. The largest absolute Gasteiger partial charge is 0.379 e. The summed E-state index contributed by atoms with van der Waals surface area (Å²) in [7, 11) is 0. The molecule has 28 heavy (non-hydrogen) atoms. The van der Waals surface area contributed by atoms with Crippen LogP contribution in [0.1, 0.15) is 24.5 Å². The molecule has 7 heteroatoms. The number of hydrogen-bond donors (Lipinski definition) is 2. The van der Waals surface area contributed by atoms with Gasteiger partial charge in [0, 0.05) is 38.6 Å². The first-order valence-corrected chi connectivity index (χ1v) is 10.2. The molecule has 0 amide bonds. The normalized spacial score (nSPS) is 15.5. The molecular formula is C21H32N6O. The Morgan fingerprint density at radius 2 is 1.96 bits per heavy atom. The van der Waals surface area contributed by atoms with Gasteiger partial charge in [0.1, 0.15) is 0 Å². The van der Waals surface area contributed by atoms with Gasteiger partial charge in [0.15, 0.2) is 5.96 Å². The summed E-state index contributed by atoms with van der Waals surface area (Å²) in [5.74, 6) is 0.873. The molecule has 0 radical (unpaired) electrons. The van der Waals surface area contributed by atoms with Crippen molar-refractivity contribution in [2.45, 2.75) is 26.4 Å². The van der Waals surface area contributed by atoms with Crippen LogP contribution in [-0.2, 0) is 17.8 Å². The topological polar surface area (TPSA) is 66.7 Å². The van der Waals surface area contributed by atoms with Gasteiger partial charge in [0.05, 0.1) is 26.3 Å². The summed E-state index contributed by atoms with van der Waals surface area (Å²) >= 11 is 0. The van der Waals surface area contributed by atoms with E-state index in [4.69, 9.17) is 9.73 Å². The Labute approximate surface area is 167 Å². The minimum atomic E-state index is 0.649. The second-order valence-corrected chi connectivity index (χ2v) is 6.90. The number of nitrogens with zero attached hydrogens (tertiary/aromatic N) is 4. The Morgan fingerprint density at radius 3 is 2.71 bits per heavy atom. The number of benzene rings is 1. The molecule has 2 heterocycles. The van der Waals surface area contributed by atoms with Gasteiger partial charge in [0.25, 0.3) is 0 Å². The predicted octanol–water partition coefficient (Wildman–Crippen LogP) is 1.71. The zero-order chi connectivity index (χ0) is 19.4. The van der Waals surface area contributed by atoms with E-state index >= 15 is 0 Å². The first-order valence-electron chi connectivity index (χ1n) is 10.2. The molecule has 1 aromatic heterocycles. The van der Waals surface area contributed by atoms with Crippen LogP contribution in [0, 0.1) is 0 Å². The molecular weight excluding hydrogens is 352 g/mol. The van der Waals surface area contributed by atoms with E-state index in [0.29, 0.717) is 6.54 Å². The lowest BCUT2D eigenvalue weighted by Crippen LogP contribution is -2.40. The molecule has 1 aliphatic rings. The number of hydrogen-bond acceptors (Lipinski definition) is 4. The molecule has 0 saturated carbocycles. The highest BCUT2D eigenvalue weighted by Gasteiger charge is 2.09.